The Morgan fingerprint density at radius 3 is 2.66 bits per heavy atom. The smallest absolute Gasteiger partial charge is 0.231 e. The molecule has 2 aliphatic heterocycles. The van der Waals surface area contributed by atoms with Crippen molar-refractivity contribution in [1.29, 1.82) is 0 Å². The van der Waals surface area contributed by atoms with E-state index in [0.29, 0.717) is 28.4 Å². The van der Waals surface area contributed by atoms with Crippen LogP contribution in [-0.2, 0) is 25.4 Å². The maximum absolute atomic E-state index is 12.7. The molecule has 32 heavy (non-hydrogen) atoms. The van der Waals surface area contributed by atoms with Gasteiger partial charge in [0.25, 0.3) is 0 Å². The lowest BCUT2D eigenvalue weighted by Gasteiger charge is -2.17. The number of anilines is 2. The summed E-state index contributed by atoms with van der Waals surface area (Å²) in [7, 11) is -3.46. The molecule has 168 valence electrons. The number of carbonyl (C=O) groups excluding carboxylic acids is 2. The Morgan fingerprint density at radius 2 is 1.91 bits per heavy atom. The summed E-state index contributed by atoms with van der Waals surface area (Å²) in [4.78, 5) is 26.8. The molecule has 0 aromatic heterocycles. The lowest BCUT2D eigenvalue weighted by atomic mass is 10.1. The van der Waals surface area contributed by atoms with Crippen molar-refractivity contribution >= 4 is 33.2 Å². The lowest BCUT2D eigenvalue weighted by Crippen LogP contribution is -2.28. The number of sulfonamides is 1. The van der Waals surface area contributed by atoms with Gasteiger partial charge in [-0.1, -0.05) is 18.2 Å². The molecule has 0 saturated carbocycles. The Balaban J connectivity index is 1.36. The number of hydrogen-bond donors (Lipinski definition) is 2. The van der Waals surface area contributed by atoms with E-state index in [0.717, 1.165) is 0 Å². The molecule has 4 rings (SSSR count). The van der Waals surface area contributed by atoms with Crippen molar-refractivity contribution in [3.8, 4) is 11.5 Å². The summed E-state index contributed by atoms with van der Waals surface area (Å²) in [6, 6.07) is 11.8. The molecule has 0 spiro atoms. The monoisotopic (exact) mass is 457 g/mol. The molecule has 1 fully saturated rings. The van der Waals surface area contributed by atoms with Gasteiger partial charge in [-0.15, -0.1) is 6.58 Å². The number of benzene rings is 2. The van der Waals surface area contributed by atoms with Gasteiger partial charge >= 0.3 is 0 Å². The highest BCUT2D eigenvalue weighted by Gasteiger charge is 2.35. The van der Waals surface area contributed by atoms with E-state index in [1.807, 2.05) is 0 Å². The van der Waals surface area contributed by atoms with Crippen LogP contribution in [0, 0.1) is 5.92 Å². The number of nitrogens with one attached hydrogen (secondary N) is 2. The second-order valence-corrected chi connectivity index (χ2v) is 9.33. The zero-order valence-corrected chi connectivity index (χ0v) is 18.1. The van der Waals surface area contributed by atoms with Gasteiger partial charge in [-0.2, -0.15) is 0 Å². The fourth-order valence-corrected chi connectivity index (χ4v) is 4.68. The van der Waals surface area contributed by atoms with E-state index >= 15 is 0 Å². The standard InChI is InChI=1S/C22H23N3O6S/c1-2-9-23-32(28,29)13-15-3-5-17(6-4-15)24-22(27)16-10-21(26)25(12-16)18-7-8-19-20(11-18)31-14-30-19/h2-8,11,16,23H,1,9-10,12-14H2,(H,24,27). The first-order chi connectivity index (χ1) is 15.3. The Kier molecular flexibility index (Phi) is 6.15. The molecule has 9 nitrogen and oxygen atoms in total. The van der Waals surface area contributed by atoms with Crippen molar-refractivity contribution in [3.63, 3.8) is 0 Å². The van der Waals surface area contributed by atoms with Crippen LogP contribution in [0.3, 0.4) is 0 Å². The SMILES string of the molecule is C=CCNS(=O)(=O)Cc1ccc(NC(=O)C2CC(=O)N(c3ccc4c(c3)OCO4)C2)cc1. The van der Waals surface area contributed by atoms with Gasteiger partial charge in [0.15, 0.2) is 11.5 Å². The minimum absolute atomic E-state index is 0.103. The largest absolute Gasteiger partial charge is 0.454 e. The van der Waals surface area contributed by atoms with Gasteiger partial charge < -0.3 is 19.7 Å². The molecular formula is C22H23N3O6S. The van der Waals surface area contributed by atoms with Crippen LogP contribution in [0.2, 0.25) is 0 Å². The van der Waals surface area contributed by atoms with E-state index in [2.05, 4.69) is 16.6 Å². The lowest BCUT2D eigenvalue weighted by molar-refractivity contribution is -0.122. The molecule has 1 saturated heterocycles. The Labute approximate surface area is 186 Å². The highest BCUT2D eigenvalue weighted by atomic mass is 32.2. The molecule has 2 aliphatic rings. The van der Waals surface area contributed by atoms with Gasteiger partial charge in [-0.05, 0) is 29.8 Å². The van der Waals surface area contributed by atoms with Crippen LogP contribution in [0.25, 0.3) is 0 Å². The van der Waals surface area contributed by atoms with Crippen molar-refractivity contribution in [2.45, 2.75) is 12.2 Å². The number of fused-ring (bicyclic) bond motifs is 1. The maximum atomic E-state index is 12.7. The molecule has 1 atom stereocenters. The minimum Gasteiger partial charge on any atom is -0.454 e. The van der Waals surface area contributed by atoms with Crippen molar-refractivity contribution in [3.05, 3.63) is 60.7 Å². The van der Waals surface area contributed by atoms with Gasteiger partial charge in [0.2, 0.25) is 28.6 Å². The molecule has 10 heteroatoms. The topological polar surface area (TPSA) is 114 Å². The number of amides is 2. The van der Waals surface area contributed by atoms with Gasteiger partial charge in [-0.25, -0.2) is 13.1 Å². The fourth-order valence-electron chi connectivity index (χ4n) is 3.57. The molecule has 0 bridgehead atoms. The Hall–Kier alpha value is -3.37. The Morgan fingerprint density at radius 1 is 1.16 bits per heavy atom. The van der Waals surface area contributed by atoms with E-state index in [9.17, 15) is 18.0 Å². The molecule has 2 amide bonds. The van der Waals surface area contributed by atoms with Crippen molar-refractivity contribution < 1.29 is 27.5 Å². The summed E-state index contributed by atoms with van der Waals surface area (Å²) >= 11 is 0. The maximum Gasteiger partial charge on any atom is 0.231 e. The van der Waals surface area contributed by atoms with Crippen molar-refractivity contribution in [2.24, 2.45) is 5.92 Å². The highest BCUT2D eigenvalue weighted by molar-refractivity contribution is 7.88. The van der Waals surface area contributed by atoms with E-state index in [4.69, 9.17) is 9.47 Å². The second-order valence-electron chi connectivity index (χ2n) is 7.53. The molecule has 0 aliphatic carbocycles. The van der Waals surface area contributed by atoms with Crippen LogP contribution in [0.4, 0.5) is 11.4 Å². The van der Waals surface area contributed by atoms with Crippen LogP contribution < -0.4 is 24.4 Å². The van der Waals surface area contributed by atoms with E-state index in [1.54, 1.807) is 47.4 Å². The predicted molar refractivity (Wildman–Crippen MR) is 119 cm³/mol. The summed E-state index contributed by atoms with van der Waals surface area (Å²) in [5.74, 6) is 0.117. The normalized spacial score (nSPS) is 17.4. The second kappa shape index (κ2) is 9.01. The number of ether oxygens (including phenoxy) is 2. The average molecular weight is 458 g/mol. The summed E-state index contributed by atoms with van der Waals surface area (Å²) < 4.78 is 37.0. The highest BCUT2D eigenvalue weighted by Crippen LogP contribution is 2.37. The first-order valence-electron chi connectivity index (χ1n) is 10.0. The third kappa shape index (κ3) is 4.92. The molecule has 1 unspecified atom stereocenters. The van der Waals surface area contributed by atoms with Crippen LogP contribution in [-0.4, -0.2) is 40.1 Å². The average Bonchev–Trinajstić information content (AvgIpc) is 3.39. The predicted octanol–water partition coefficient (Wildman–Crippen LogP) is 2.01. The third-order valence-corrected chi connectivity index (χ3v) is 6.51. The molecule has 2 aromatic rings. The zero-order valence-electron chi connectivity index (χ0n) is 17.2. The van der Waals surface area contributed by atoms with E-state index in [1.165, 1.54) is 6.08 Å². The molecular weight excluding hydrogens is 434 g/mol. The first kappa shape index (κ1) is 21.8. The van der Waals surface area contributed by atoms with Crippen LogP contribution >= 0.6 is 0 Å². The molecule has 0 radical (unpaired) electrons. The van der Waals surface area contributed by atoms with Crippen molar-refractivity contribution in [1.82, 2.24) is 4.72 Å². The number of rotatable bonds is 8. The summed E-state index contributed by atoms with van der Waals surface area (Å²) in [5, 5.41) is 2.80. The molecule has 2 N–H and O–H groups in total. The zero-order chi connectivity index (χ0) is 22.7. The number of nitrogens with zero attached hydrogens (tertiary/aromatic N) is 1. The summed E-state index contributed by atoms with van der Waals surface area (Å²) in [6.45, 7) is 4.05. The quantitative estimate of drug-likeness (QED) is 0.586. The van der Waals surface area contributed by atoms with Gasteiger partial charge in [0, 0.05) is 37.0 Å². The van der Waals surface area contributed by atoms with Gasteiger partial charge in [0.1, 0.15) is 0 Å². The van der Waals surface area contributed by atoms with Crippen molar-refractivity contribution in [2.75, 3.05) is 30.1 Å². The molecule has 2 aromatic carbocycles. The first-order valence-corrected chi connectivity index (χ1v) is 11.7. The summed E-state index contributed by atoms with van der Waals surface area (Å²) in [5.41, 5.74) is 1.78. The van der Waals surface area contributed by atoms with Crippen LogP contribution in [0.15, 0.2) is 55.1 Å². The van der Waals surface area contributed by atoms with Crippen LogP contribution in [0.5, 0.6) is 11.5 Å². The minimum atomic E-state index is -3.46. The van der Waals surface area contributed by atoms with E-state index < -0.39 is 15.9 Å². The molecule has 2 heterocycles. The van der Waals surface area contributed by atoms with Crippen LogP contribution in [0.1, 0.15) is 12.0 Å². The number of carbonyl (C=O) groups is 2. The fraction of sp³-hybridized carbons (Fsp3) is 0.273. The van der Waals surface area contributed by atoms with Gasteiger partial charge in [-0.3, -0.25) is 9.59 Å². The Bertz CT molecular complexity index is 1150. The summed E-state index contributed by atoms with van der Waals surface area (Å²) in [6.07, 6.45) is 1.57. The number of hydrogen-bond acceptors (Lipinski definition) is 6. The van der Waals surface area contributed by atoms with E-state index in [-0.39, 0.29) is 43.9 Å². The van der Waals surface area contributed by atoms with Gasteiger partial charge in [0.05, 0.1) is 11.7 Å². The third-order valence-electron chi connectivity index (χ3n) is 5.19.